The van der Waals surface area contributed by atoms with E-state index < -0.39 is 0 Å². The molecule has 0 atom stereocenters. The minimum Gasteiger partial charge on any atom is -0.331 e. The van der Waals surface area contributed by atoms with Gasteiger partial charge >= 0.3 is 0 Å². The Hall–Kier alpha value is -0.780. The molecule has 5 heteroatoms. The molecule has 0 aliphatic carbocycles. The zero-order chi connectivity index (χ0) is 13.4. The van der Waals surface area contributed by atoms with Gasteiger partial charge in [-0.25, -0.2) is 0 Å². The molecule has 0 unspecified atom stereocenters. The third-order valence-electron chi connectivity index (χ3n) is 3.85. The van der Waals surface area contributed by atoms with E-state index >= 15 is 0 Å². The smallest absolute Gasteiger partial charge is 0.177 e. The molecule has 102 valence electrons. The van der Waals surface area contributed by atoms with Crippen LogP contribution >= 0.6 is 24.0 Å². The van der Waals surface area contributed by atoms with E-state index in [0.717, 1.165) is 15.5 Å². The quantitative estimate of drug-likeness (QED) is 0.858. The van der Waals surface area contributed by atoms with Crippen LogP contribution in [0.5, 0.6) is 0 Å². The molecule has 0 bridgehead atoms. The average molecular weight is 293 g/mol. The zero-order valence-corrected chi connectivity index (χ0v) is 13.0. The second-order valence-corrected chi connectivity index (χ2v) is 7.05. The van der Waals surface area contributed by atoms with Crippen LogP contribution < -0.4 is 0 Å². The van der Waals surface area contributed by atoms with Crippen molar-refractivity contribution in [2.45, 2.75) is 23.0 Å². The summed E-state index contributed by atoms with van der Waals surface area (Å²) in [4.78, 5) is 6.99. The summed E-state index contributed by atoms with van der Waals surface area (Å²) in [5, 5.41) is 0.751. The molecule has 2 aromatic rings. The van der Waals surface area contributed by atoms with E-state index in [9.17, 15) is 0 Å². The van der Waals surface area contributed by atoms with E-state index in [2.05, 4.69) is 35.1 Å². The first-order chi connectivity index (χ1) is 9.13. The number of nitrogens with zero attached hydrogens (tertiary/aromatic N) is 2. The Balaban J connectivity index is 1.81. The first-order valence-electron chi connectivity index (χ1n) is 6.67. The number of likely N-dealkylation sites (tertiary alicyclic amines) is 1. The lowest BCUT2D eigenvalue weighted by Crippen LogP contribution is -2.31. The van der Waals surface area contributed by atoms with Crippen LogP contribution in [0.1, 0.15) is 12.8 Å². The van der Waals surface area contributed by atoms with Crippen molar-refractivity contribution in [1.82, 2.24) is 14.5 Å². The van der Waals surface area contributed by atoms with Gasteiger partial charge in [-0.2, -0.15) is 0 Å². The molecule has 1 fully saturated rings. The Kier molecular flexibility index (Phi) is 3.69. The molecule has 0 spiro atoms. The highest BCUT2D eigenvalue weighted by Crippen LogP contribution is 2.31. The van der Waals surface area contributed by atoms with Crippen LogP contribution in [0.3, 0.4) is 0 Å². The van der Waals surface area contributed by atoms with E-state index in [0.29, 0.717) is 0 Å². The number of piperidine rings is 1. The number of benzene rings is 1. The van der Waals surface area contributed by atoms with E-state index in [1.807, 2.05) is 23.4 Å². The Morgan fingerprint density at radius 3 is 2.74 bits per heavy atom. The first-order valence-corrected chi connectivity index (χ1v) is 7.96. The summed E-state index contributed by atoms with van der Waals surface area (Å²) in [7, 11) is 4.23. The average Bonchev–Trinajstić information content (AvgIpc) is 2.69. The molecule has 19 heavy (non-hydrogen) atoms. The van der Waals surface area contributed by atoms with Gasteiger partial charge in [-0.3, -0.25) is 0 Å². The lowest BCUT2D eigenvalue weighted by Gasteiger charge is -2.28. The fourth-order valence-electron chi connectivity index (χ4n) is 2.57. The van der Waals surface area contributed by atoms with Crippen molar-refractivity contribution in [3.8, 4) is 0 Å². The van der Waals surface area contributed by atoms with Crippen molar-refractivity contribution in [2.75, 3.05) is 20.1 Å². The van der Waals surface area contributed by atoms with Gasteiger partial charge in [0.25, 0.3) is 0 Å². The topological polar surface area (TPSA) is 24.0 Å². The molecule has 1 aliphatic rings. The number of H-pyrrole nitrogens is 1. The van der Waals surface area contributed by atoms with Gasteiger partial charge in [0.2, 0.25) is 0 Å². The minimum atomic E-state index is 0.751. The fourth-order valence-corrected chi connectivity index (χ4v) is 3.94. The third kappa shape index (κ3) is 2.73. The SMILES string of the molecule is CN1CCC(Sc2ccc3[nH]c(=S)n(C)c3c2)CC1. The fraction of sp³-hybridized carbons (Fsp3) is 0.500. The van der Waals surface area contributed by atoms with Gasteiger partial charge in [0, 0.05) is 17.2 Å². The zero-order valence-electron chi connectivity index (χ0n) is 11.3. The number of hydrogen-bond acceptors (Lipinski definition) is 3. The minimum absolute atomic E-state index is 0.751. The van der Waals surface area contributed by atoms with E-state index in [1.54, 1.807) is 0 Å². The number of fused-ring (bicyclic) bond motifs is 1. The van der Waals surface area contributed by atoms with Gasteiger partial charge in [-0.05, 0) is 63.4 Å². The second-order valence-electron chi connectivity index (χ2n) is 5.29. The molecule has 0 saturated carbocycles. The molecular weight excluding hydrogens is 274 g/mol. The van der Waals surface area contributed by atoms with Crippen LogP contribution in [0.2, 0.25) is 0 Å². The summed E-state index contributed by atoms with van der Waals surface area (Å²) in [5.41, 5.74) is 2.32. The maximum absolute atomic E-state index is 5.27. The van der Waals surface area contributed by atoms with Crippen molar-refractivity contribution in [3.05, 3.63) is 23.0 Å². The van der Waals surface area contributed by atoms with Crippen molar-refractivity contribution in [1.29, 1.82) is 0 Å². The van der Waals surface area contributed by atoms with Crippen LogP contribution in [0.25, 0.3) is 11.0 Å². The molecule has 1 aromatic carbocycles. The normalized spacial score (nSPS) is 18.2. The van der Waals surface area contributed by atoms with Gasteiger partial charge < -0.3 is 14.5 Å². The van der Waals surface area contributed by atoms with Crippen molar-refractivity contribution < 1.29 is 0 Å². The molecule has 0 radical (unpaired) electrons. The van der Waals surface area contributed by atoms with Crippen LogP contribution in [-0.4, -0.2) is 39.8 Å². The molecule has 3 nitrogen and oxygen atoms in total. The highest BCUT2D eigenvalue weighted by Gasteiger charge is 2.17. The molecule has 1 aromatic heterocycles. The number of hydrogen-bond donors (Lipinski definition) is 1. The number of aromatic amines is 1. The van der Waals surface area contributed by atoms with Crippen LogP contribution in [-0.2, 0) is 7.05 Å². The van der Waals surface area contributed by atoms with Crippen molar-refractivity contribution in [2.24, 2.45) is 7.05 Å². The Bertz CT molecular complexity index is 636. The van der Waals surface area contributed by atoms with E-state index in [-0.39, 0.29) is 0 Å². The number of aromatic nitrogens is 2. The Morgan fingerprint density at radius 1 is 1.26 bits per heavy atom. The maximum atomic E-state index is 5.27. The summed E-state index contributed by atoms with van der Waals surface area (Å²) in [6, 6.07) is 6.60. The number of nitrogens with one attached hydrogen (secondary N) is 1. The van der Waals surface area contributed by atoms with Crippen LogP contribution in [0, 0.1) is 4.77 Å². The predicted molar refractivity (Wildman–Crippen MR) is 84.5 cm³/mol. The molecule has 1 N–H and O–H groups in total. The van der Waals surface area contributed by atoms with Gasteiger partial charge in [-0.1, -0.05) is 0 Å². The molecule has 3 rings (SSSR count). The van der Waals surface area contributed by atoms with Crippen molar-refractivity contribution in [3.63, 3.8) is 0 Å². The van der Waals surface area contributed by atoms with E-state index in [1.165, 1.54) is 36.3 Å². The van der Waals surface area contributed by atoms with Crippen LogP contribution in [0.15, 0.2) is 23.1 Å². The summed E-state index contributed by atoms with van der Waals surface area (Å²) >= 11 is 7.28. The highest BCUT2D eigenvalue weighted by atomic mass is 32.2. The summed E-state index contributed by atoms with van der Waals surface area (Å²) < 4.78 is 2.83. The lowest BCUT2D eigenvalue weighted by molar-refractivity contribution is 0.282. The highest BCUT2D eigenvalue weighted by molar-refractivity contribution is 8.00. The number of thioether (sulfide) groups is 1. The first kappa shape index (κ1) is 13.2. The molecule has 1 saturated heterocycles. The van der Waals surface area contributed by atoms with Gasteiger partial charge in [-0.15, -0.1) is 11.8 Å². The number of aryl methyl sites for hydroxylation is 1. The van der Waals surface area contributed by atoms with Crippen LogP contribution in [0.4, 0.5) is 0 Å². The summed E-state index contributed by atoms with van der Waals surface area (Å²) in [6.07, 6.45) is 2.56. The molecule has 2 heterocycles. The van der Waals surface area contributed by atoms with Gasteiger partial charge in [0.15, 0.2) is 4.77 Å². The maximum Gasteiger partial charge on any atom is 0.177 e. The molecular formula is C14H19N3S2. The third-order valence-corrected chi connectivity index (χ3v) is 5.55. The van der Waals surface area contributed by atoms with Gasteiger partial charge in [0.05, 0.1) is 11.0 Å². The predicted octanol–water partition coefficient (Wildman–Crippen LogP) is 3.42. The monoisotopic (exact) mass is 293 g/mol. The number of imidazole rings is 1. The Labute approximate surface area is 123 Å². The molecule has 0 amide bonds. The summed E-state index contributed by atoms with van der Waals surface area (Å²) in [5.74, 6) is 0. The van der Waals surface area contributed by atoms with E-state index in [4.69, 9.17) is 12.2 Å². The summed E-state index contributed by atoms with van der Waals surface area (Å²) in [6.45, 7) is 2.43. The standard InChI is InChI=1S/C14H19N3S2/c1-16-7-5-10(6-8-16)19-11-3-4-12-13(9-11)17(2)14(18)15-12/h3-4,9-10H,5-8H2,1-2H3,(H,15,18). The largest absolute Gasteiger partial charge is 0.331 e. The van der Waals surface area contributed by atoms with Crippen molar-refractivity contribution >= 4 is 35.0 Å². The lowest BCUT2D eigenvalue weighted by atomic mass is 10.1. The second kappa shape index (κ2) is 5.31. The Morgan fingerprint density at radius 2 is 2.00 bits per heavy atom. The number of rotatable bonds is 2. The van der Waals surface area contributed by atoms with Gasteiger partial charge in [0.1, 0.15) is 0 Å². The molecule has 1 aliphatic heterocycles.